The maximum atomic E-state index is 7.04. The van der Waals surface area contributed by atoms with E-state index >= 15 is 0 Å². The van der Waals surface area contributed by atoms with Crippen LogP contribution >= 0.6 is 11.3 Å². The molecule has 75 heavy (non-hydrogen) atoms. The zero-order valence-corrected chi connectivity index (χ0v) is 44.9. The van der Waals surface area contributed by atoms with Crippen molar-refractivity contribution in [1.82, 2.24) is 0 Å². The fourth-order valence-corrected chi connectivity index (χ4v) is 13.1. The zero-order valence-electron chi connectivity index (χ0n) is 44.0. The van der Waals surface area contributed by atoms with E-state index in [0.717, 1.165) is 78.2 Å². The van der Waals surface area contributed by atoms with Crippen LogP contribution in [-0.2, 0) is 16.2 Å². The number of benzene rings is 9. The molecular weight excluding hydrogens is 934 g/mol. The maximum absolute atomic E-state index is 7.04. The molecule has 5 nitrogen and oxygen atoms in total. The lowest BCUT2D eigenvalue weighted by Gasteiger charge is -2.45. The lowest BCUT2D eigenvalue weighted by atomic mass is 9.33. The number of nitrogens with zero attached hydrogens (tertiary/aromatic N) is 3. The van der Waals surface area contributed by atoms with E-state index in [-0.39, 0.29) is 23.0 Å². The van der Waals surface area contributed by atoms with Gasteiger partial charge in [0.25, 0.3) is 6.71 Å². The minimum atomic E-state index is -0.197. The Hall–Kier alpha value is -8.00. The third kappa shape index (κ3) is 7.18. The van der Waals surface area contributed by atoms with E-state index in [0.29, 0.717) is 0 Å². The number of hydrogen-bond acceptors (Lipinski definition) is 6. The standard InChI is InChI=1S/C68H58BN3O2S/c1-66(2,3)43-21-25-46(26-22-43)70(48-30-32-63-53(37-48)51-16-11-13-20-62(51)75-63)49-29-31-54-58(38-49)72(56-18-14-17-52-50-15-10-12-19-61(50)74-65(52)56)60-36-45(68(7,8)9)35-59-64(60)69(54)55-33-41-39-73-40-42(41)34-57(55)71(59)47-27-23-44(24-28-47)67(4,5)6/h10-40H,1-9H3. The first-order valence-corrected chi connectivity index (χ1v) is 27.1. The summed E-state index contributed by atoms with van der Waals surface area (Å²) in [5.74, 6) is 0. The molecule has 9 aromatic carbocycles. The van der Waals surface area contributed by atoms with Crippen LogP contribution in [0.15, 0.2) is 197 Å². The van der Waals surface area contributed by atoms with Crippen molar-refractivity contribution in [1.29, 1.82) is 0 Å². The van der Waals surface area contributed by atoms with E-state index in [2.05, 4.69) is 253 Å². The molecule has 0 fully saturated rings. The minimum absolute atomic E-state index is 0.00376. The highest BCUT2D eigenvalue weighted by molar-refractivity contribution is 7.25. The van der Waals surface area contributed by atoms with Crippen LogP contribution in [0, 0.1) is 0 Å². The molecule has 0 atom stereocenters. The van der Waals surface area contributed by atoms with E-state index in [1.165, 1.54) is 58.9 Å². The Morgan fingerprint density at radius 1 is 0.427 bits per heavy atom. The molecule has 0 bridgehead atoms. The number of furan rings is 2. The highest BCUT2D eigenvalue weighted by Gasteiger charge is 2.45. The summed E-state index contributed by atoms with van der Waals surface area (Å²) in [5.41, 5.74) is 19.1. The fourth-order valence-electron chi connectivity index (χ4n) is 12.0. The molecular formula is C68H58BN3O2S. The molecule has 0 unspecified atom stereocenters. The van der Waals surface area contributed by atoms with Gasteiger partial charge in [0, 0.05) is 87.2 Å². The molecule has 0 N–H and O–H groups in total. The predicted octanol–water partition coefficient (Wildman–Crippen LogP) is 18.1. The van der Waals surface area contributed by atoms with Crippen molar-refractivity contribution in [2.24, 2.45) is 0 Å². The van der Waals surface area contributed by atoms with E-state index in [9.17, 15) is 0 Å². The van der Waals surface area contributed by atoms with Crippen LogP contribution in [0.2, 0.25) is 0 Å². The summed E-state index contributed by atoms with van der Waals surface area (Å²) >= 11 is 1.85. The third-order valence-corrected chi connectivity index (χ3v) is 17.1. The third-order valence-electron chi connectivity index (χ3n) is 16.0. The van der Waals surface area contributed by atoms with Crippen molar-refractivity contribution in [3.05, 3.63) is 205 Å². The van der Waals surface area contributed by atoms with Gasteiger partial charge in [-0.3, -0.25) is 0 Å². The Morgan fingerprint density at radius 3 is 1.75 bits per heavy atom. The summed E-state index contributed by atoms with van der Waals surface area (Å²) in [4.78, 5) is 7.51. The van der Waals surface area contributed by atoms with Gasteiger partial charge in [0.05, 0.1) is 18.2 Å². The fraction of sp³-hybridized carbons (Fsp3) is 0.176. The molecule has 0 saturated heterocycles. The molecule has 14 rings (SSSR count). The Bertz CT molecular complexity index is 4270. The highest BCUT2D eigenvalue weighted by atomic mass is 32.1. The first-order chi connectivity index (χ1) is 36.1. The summed E-state index contributed by atoms with van der Waals surface area (Å²) in [6, 6.07) is 66.3. The Balaban J connectivity index is 1.08. The molecule has 0 amide bonds. The molecule has 12 aromatic rings. The number of hydrogen-bond donors (Lipinski definition) is 0. The van der Waals surface area contributed by atoms with Crippen molar-refractivity contribution >= 4 is 139 Å². The average molecular weight is 992 g/mol. The normalized spacial score (nSPS) is 13.6. The Kier molecular flexibility index (Phi) is 9.88. The van der Waals surface area contributed by atoms with Crippen molar-refractivity contribution < 1.29 is 8.83 Å². The quantitative estimate of drug-likeness (QED) is 0.161. The van der Waals surface area contributed by atoms with Gasteiger partial charge in [0.2, 0.25) is 0 Å². The smallest absolute Gasteiger partial charge is 0.252 e. The minimum Gasteiger partial charge on any atom is -0.471 e. The number of anilines is 9. The lowest BCUT2D eigenvalue weighted by molar-refractivity contribution is 0.572. The first-order valence-electron chi connectivity index (χ1n) is 26.3. The van der Waals surface area contributed by atoms with Gasteiger partial charge in [-0.1, -0.05) is 147 Å². The van der Waals surface area contributed by atoms with E-state index in [1.807, 2.05) is 23.9 Å². The van der Waals surface area contributed by atoms with Gasteiger partial charge >= 0.3 is 0 Å². The van der Waals surface area contributed by atoms with Gasteiger partial charge in [0.1, 0.15) is 5.58 Å². The number of rotatable bonds is 5. The van der Waals surface area contributed by atoms with Gasteiger partial charge in [-0.25, -0.2) is 0 Å². The molecule has 0 radical (unpaired) electrons. The molecule has 2 aliphatic heterocycles. The summed E-state index contributed by atoms with van der Waals surface area (Å²) < 4.78 is 15.6. The van der Waals surface area contributed by atoms with Crippen LogP contribution in [0.5, 0.6) is 0 Å². The van der Waals surface area contributed by atoms with E-state index in [4.69, 9.17) is 8.83 Å². The lowest BCUT2D eigenvalue weighted by Crippen LogP contribution is -2.61. The van der Waals surface area contributed by atoms with Crippen LogP contribution in [0.3, 0.4) is 0 Å². The van der Waals surface area contributed by atoms with Gasteiger partial charge in [0.15, 0.2) is 5.58 Å². The molecule has 0 aliphatic carbocycles. The molecule has 2 aliphatic rings. The van der Waals surface area contributed by atoms with Gasteiger partial charge < -0.3 is 23.5 Å². The highest BCUT2D eigenvalue weighted by Crippen LogP contribution is 2.51. The van der Waals surface area contributed by atoms with Crippen LogP contribution in [0.25, 0.3) is 52.9 Å². The molecule has 0 spiro atoms. The first kappa shape index (κ1) is 45.6. The van der Waals surface area contributed by atoms with Crippen LogP contribution in [0.4, 0.5) is 51.2 Å². The van der Waals surface area contributed by atoms with E-state index in [1.54, 1.807) is 0 Å². The van der Waals surface area contributed by atoms with Crippen molar-refractivity contribution in [3.8, 4) is 0 Å². The molecule has 0 saturated carbocycles. The zero-order chi connectivity index (χ0) is 51.3. The number of fused-ring (bicyclic) bond motifs is 11. The second kappa shape index (κ2) is 16.3. The van der Waals surface area contributed by atoms with Gasteiger partial charge in [-0.15, -0.1) is 11.3 Å². The van der Waals surface area contributed by atoms with Crippen molar-refractivity contribution in [3.63, 3.8) is 0 Å². The summed E-state index contributed by atoms with van der Waals surface area (Å²) in [6.07, 6.45) is 3.79. The second-order valence-electron chi connectivity index (χ2n) is 23.9. The Labute approximate surface area is 443 Å². The predicted molar refractivity (Wildman–Crippen MR) is 321 cm³/mol. The molecule has 5 heterocycles. The van der Waals surface area contributed by atoms with Crippen molar-refractivity contribution in [2.75, 3.05) is 14.7 Å². The monoisotopic (exact) mass is 991 g/mol. The molecule has 366 valence electrons. The van der Waals surface area contributed by atoms with Gasteiger partial charge in [-0.05, 0) is 140 Å². The van der Waals surface area contributed by atoms with Crippen molar-refractivity contribution in [2.45, 2.75) is 78.6 Å². The summed E-state index contributed by atoms with van der Waals surface area (Å²) in [5, 5.41) is 6.90. The topological polar surface area (TPSA) is 36.0 Å². The molecule has 7 heteroatoms. The second-order valence-corrected chi connectivity index (χ2v) is 25.0. The maximum Gasteiger partial charge on any atom is 0.252 e. The number of para-hydroxylation sites is 2. The summed E-state index contributed by atoms with van der Waals surface area (Å²) in [7, 11) is 0. The van der Waals surface area contributed by atoms with Crippen LogP contribution in [0.1, 0.15) is 79.0 Å². The SMILES string of the molecule is CC(C)(C)c1ccc(N(c2ccc3c(c2)N(c2cccc4c2oc2ccccc24)c2cc(C(C)(C)C)cc4c2B3c2cc3cocc3cc2N4c2ccc(C(C)(C)C)cc2)c2ccc3sc4ccccc4c3c2)cc1. The van der Waals surface area contributed by atoms with Crippen LogP contribution in [-0.4, -0.2) is 6.71 Å². The molecule has 3 aromatic heterocycles. The summed E-state index contributed by atoms with van der Waals surface area (Å²) in [6.45, 7) is 20.6. The van der Waals surface area contributed by atoms with E-state index < -0.39 is 0 Å². The number of thiophene rings is 1. The largest absolute Gasteiger partial charge is 0.471 e. The average Bonchev–Trinajstić information content (AvgIpc) is 4.24. The van der Waals surface area contributed by atoms with Gasteiger partial charge in [-0.2, -0.15) is 0 Å². The Morgan fingerprint density at radius 2 is 1.01 bits per heavy atom. The van der Waals surface area contributed by atoms with Crippen LogP contribution < -0.4 is 31.1 Å².